The zero-order valence-corrected chi connectivity index (χ0v) is 11.8. The number of rotatable bonds is 4. The second-order valence-corrected chi connectivity index (χ2v) is 4.68. The molecule has 0 fully saturated rings. The van der Waals surface area contributed by atoms with Crippen LogP contribution in [-0.4, -0.2) is 9.55 Å². The molecule has 6 nitrogen and oxygen atoms in total. The molecule has 1 unspecified atom stereocenters. The van der Waals surface area contributed by atoms with Gasteiger partial charge in [0.15, 0.2) is 0 Å². The molecule has 0 spiro atoms. The molecule has 7 heteroatoms. The number of benzene rings is 1. The third-order valence-corrected chi connectivity index (χ3v) is 3.29. The Kier molecular flexibility index (Phi) is 4.11. The van der Waals surface area contributed by atoms with E-state index in [9.17, 15) is 14.0 Å². The maximum atomic E-state index is 12.9. The lowest BCUT2D eigenvalue weighted by molar-refractivity contribution is 0.626. The van der Waals surface area contributed by atoms with Gasteiger partial charge in [-0.05, 0) is 31.5 Å². The first-order valence-electron chi connectivity index (χ1n) is 6.58. The first-order valence-corrected chi connectivity index (χ1v) is 6.58. The highest BCUT2D eigenvalue weighted by molar-refractivity contribution is 5.61. The fourth-order valence-corrected chi connectivity index (χ4v) is 2.09. The van der Waals surface area contributed by atoms with Crippen molar-refractivity contribution in [3.05, 3.63) is 56.5 Å². The van der Waals surface area contributed by atoms with Crippen LogP contribution in [0.4, 0.5) is 15.9 Å². The molecule has 0 saturated carbocycles. The van der Waals surface area contributed by atoms with Crippen molar-refractivity contribution in [3.63, 3.8) is 0 Å². The predicted octanol–water partition coefficient (Wildman–Crippen LogP) is 1.45. The van der Waals surface area contributed by atoms with Gasteiger partial charge in [-0.2, -0.15) is 0 Å². The molecule has 0 aliphatic rings. The minimum Gasteiger partial charge on any atom is -0.383 e. The van der Waals surface area contributed by atoms with Crippen LogP contribution in [0.2, 0.25) is 0 Å². The number of hydrogen-bond acceptors (Lipinski definition) is 4. The zero-order chi connectivity index (χ0) is 15.6. The van der Waals surface area contributed by atoms with Crippen molar-refractivity contribution >= 4 is 11.5 Å². The maximum absolute atomic E-state index is 12.9. The molecule has 4 N–H and O–H groups in total. The molecule has 0 amide bonds. The van der Waals surface area contributed by atoms with Crippen LogP contribution in [0, 0.1) is 5.82 Å². The van der Waals surface area contributed by atoms with Crippen LogP contribution in [0.15, 0.2) is 33.9 Å². The number of aromatic nitrogens is 2. The summed E-state index contributed by atoms with van der Waals surface area (Å²) < 4.78 is 14.2. The largest absolute Gasteiger partial charge is 0.383 e. The summed E-state index contributed by atoms with van der Waals surface area (Å²) in [6.07, 6.45) is 0. The Morgan fingerprint density at radius 2 is 1.95 bits per heavy atom. The average Bonchev–Trinajstić information content (AvgIpc) is 2.44. The summed E-state index contributed by atoms with van der Waals surface area (Å²) >= 11 is 0. The smallest absolute Gasteiger partial charge is 0.330 e. The predicted molar refractivity (Wildman–Crippen MR) is 79.8 cm³/mol. The Morgan fingerprint density at radius 3 is 2.52 bits per heavy atom. The van der Waals surface area contributed by atoms with Gasteiger partial charge in [-0.1, -0.05) is 12.1 Å². The van der Waals surface area contributed by atoms with Gasteiger partial charge in [-0.3, -0.25) is 14.3 Å². The monoisotopic (exact) mass is 292 g/mol. The molecule has 0 saturated heterocycles. The highest BCUT2D eigenvalue weighted by Crippen LogP contribution is 2.20. The molecule has 0 aliphatic carbocycles. The number of nitrogen functional groups attached to an aromatic ring is 1. The molecule has 1 aromatic carbocycles. The van der Waals surface area contributed by atoms with E-state index in [1.54, 1.807) is 19.1 Å². The quantitative estimate of drug-likeness (QED) is 0.795. The van der Waals surface area contributed by atoms with Crippen molar-refractivity contribution in [2.24, 2.45) is 0 Å². The fourth-order valence-electron chi connectivity index (χ4n) is 2.09. The van der Waals surface area contributed by atoms with E-state index >= 15 is 0 Å². The Hall–Kier alpha value is -2.57. The van der Waals surface area contributed by atoms with Gasteiger partial charge >= 0.3 is 5.69 Å². The molecule has 1 aromatic heterocycles. The second kappa shape index (κ2) is 5.82. The molecule has 1 atom stereocenters. The van der Waals surface area contributed by atoms with Gasteiger partial charge in [0.2, 0.25) is 0 Å². The molecule has 0 radical (unpaired) electrons. The van der Waals surface area contributed by atoms with Crippen molar-refractivity contribution in [1.82, 2.24) is 9.55 Å². The Morgan fingerprint density at radius 1 is 1.33 bits per heavy atom. The summed E-state index contributed by atoms with van der Waals surface area (Å²) in [5, 5.41) is 2.97. The Labute approximate surface area is 120 Å². The topological polar surface area (TPSA) is 92.9 Å². The standard InChI is InChI=1S/C14H17FN4O2/c1-3-19-12(16)11(13(20)18-14(19)21)17-8(2)9-4-6-10(15)7-5-9/h4-8,17H,3,16H2,1-2H3,(H,18,20,21). The van der Waals surface area contributed by atoms with E-state index in [1.807, 2.05) is 6.92 Å². The van der Waals surface area contributed by atoms with Gasteiger partial charge in [0.05, 0.1) is 0 Å². The van der Waals surface area contributed by atoms with E-state index in [2.05, 4.69) is 10.3 Å². The Bertz CT molecular complexity index is 749. The summed E-state index contributed by atoms with van der Waals surface area (Å²) in [7, 11) is 0. The van der Waals surface area contributed by atoms with Crippen molar-refractivity contribution in [1.29, 1.82) is 0 Å². The summed E-state index contributed by atoms with van der Waals surface area (Å²) in [5.74, 6) is -0.247. The van der Waals surface area contributed by atoms with E-state index in [-0.39, 0.29) is 23.4 Å². The van der Waals surface area contributed by atoms with E-state index in [1.165, 1.54) is 16.7 Å². The number of aromatic amines is 1. The zero-order valence-electron chi connectivity index (χ0n) is 11.8. The lowest BCUT2D eigenvalue weighted by Gasteiger charge is -2.18. The third-order valence-electron chi connectivity index (χ3n) is 3.29. The number of nitrogens with zero attached hydrogens (tertiary/aromatic N) is 1. The van der Waals surface area contributed by atoms with E-state index in [0.29, 0.717) is 6.54 Å². The van der Waals surface area contributed by atoms with E-state index in [0.717, 1.165) is 5.56 Å². The number of anilines is 2. The first-order chi connectivity index (χ1) is 9.93. The number of nitrogens with two attached hydrogens (primary N) is 1. The molecule has 0 bridgehead atoms. The van der Waals surface area contributed by atoms with Crippen LogP contribution in [-0.2, 0) is 6.54 Å². The highest BCUT2D eigenvalue weighted by atomic mass is 19.1. The molecule has 21 heavy (non-hydrogen) atoms. The van der Waals surface area contributed by atoms with Crippen LogP contribution in [0.1, 0.15) is 25.5 Å². The van der Waals surface area contributed by atoms with Crippen LogP contribution in [0.25, 0.3) is 0 Å². The number of hydrogen-bond donors (Lipinski definition) is 3. The minimum absolute atomic E-state index is 0.0835. The summed E-state index contributed by atoms with van der Waals surface area (Å²) in [4.78, 5) is 25.7. The normalized spacial score (nSPS) is 12.1. The van der Waals surface area contributed by atoms with Gasteiger partial charge in [0, 0.05) is 12.6 Å². The fraction of sp³-hybridized carbons (Fsp3) is 0.286. The number of nitrogens with one attached hydrogen (secondary N) is 2. The van der Waals surface area contributed by atoms with Crippen molar-refractivity contribution in [2.45, 2.75) is 26.4 Å². The summed E-state index contributed by atoms with van der Waals surface area (Å²) in [6.45, 7) is 3.91. The van der Waals surface area contributed by atoms with Gasteiger partial charge < -0.3 is 11.1 Å². The summed E-state index contributed by atoms with van der Waals surface area (Å²) in [5.41, 5.74) is 5.68. The molecule has 1 heterocycles. The summed E-state index contributed by atoms with van der Waals surface area (Å²) in [6, 6.07) is 5.65. The third kappa shape index (κ3) is 2.96. The van der Waals surface area contributed by atoms with Crippen LogP contribution in [0.3, 0.4) is 0 Å². The minimum atomic E-state index is -0.573. The Balaban J connectivity index is 2.37. The van der Waals surface area contributed by atoms with E-state index < -0.39 is 11.2 Å². The van der Waals surface area contributed by atoms with Gasteiger partial charge in [0.25, 0.3) is 5.56 Å². The van der Waals surface area contributed by atoms with Gasteiger partial charge in [-0.15, -0.1) is 0 Å². The van der Waals surface area contributed by atoms with Gasteiger partial charge in [-0.25, -0.2) is 9.18 Å². The number of halogens is 1. The van der Waals surface area contributed by atoms with Crippen molar-refractivity contribution < 1.29 is 4.39 Å². The SMILES string of the molecule is CCn1c(N)c(NC(C)c2ccc(F)cc2)c(=O)[nH]c1=O. The molecular formula is C14H17FN4O2. The molecule has 2 rings (SSSR count). The van der Waals surface area contributed by atoms with Crippen molar-refractivity contribution in [2.75, 3.05) is 11.1 Å². The van der Waals surface area contributed by atoms with Crippen LogP contribution < -0.4 is 22.3 Å². The van der Waals surface area contributed by atoms with Crippen LogP contribution in [0.5, 0.6) is 0 Å². The second-order valence-electron chi connectivity index (χ2n) is 4.68. The lowest BCUT2D eigenvalue weighted by Crippen LogP contribution is -2.34. The van der Waals surface area contributed by atoms with Crippen LogP contribution >= 0.6 is 0 Å². The van der Waals surface area contributed by atoms with Crippen molar-refractivity contribution in [3.8, 4) is 0 Å². The molecule has 112 valence electrons. The molecular weight excluding hydrogens is 275 g/mol. The highest BCUT2D eigenvalue weighted by Gasteiger charge is 2.14. The number of H-pyrrole nitrogens is 1. The maximum Gasteiger partial charge on any atom is 0.330 e. The van der Waals surface area contributed by atoms with Gasteiger partial charge in [0.1, 0.15) is 17.3 Å². The molecule has 0 aliphatic heterocycles. The lowest BCUT2D eigenvalue weighted by atomic mass is 10.1. The average molecular weight is 292 g/mol. The van der Waals surface area contributed by atoms with E-state index in [4.69, 9.17) is 5.73 Å². The molecule has 2 aromatic rings. The first kappa shape index (κ1) is 14.8.